The van der Waals surface area contributed by atoms with Crippen molar-refractivity contribution in [1.82, 2.24) is 24.4 Å². The molecule has 0 aliphatic rings. The van der Waals surface area contributed by atoms with Gasteiger partial charge in [-0.2, -0.15) is 19.0 Å². The molecule has 0 spiro atoms. The van der Waals surface area contributed by atoms with Crippen molar-refractivity contribution in [2.24, 2.45) is 7.05 Å². The number of aliphatic hydroxyl groups is 1. The van der Waals surface area contributed by atoms with Gasteiger partial charge in [0.25, 0.3) is 0 Å². The number of rotatable bonds is 10. The highest BCUT2D eigenvalue weighted by atomic mass is 32.2. The van der Waals surface area contributed by atoms with E-state index >= 15 is 0 Å². The van der Waals surface area contributed by atoms with Gasteiger partial charge in [0.2, 0.25) is 0 Å². The molecule has 13 heteroatoms. The standard InChI is InChI=1S/C21H20F4N6O2S/c1-30-11-16(28-20(32)15-10-27-31-6-2-5-26-19(15)31)18(29-30)14-7-12(34-13(8-22)9-23)3-4-17(14)33-21(24)25/h2-7,10-11,13,20-21,28,32H,8-9H2,1H3. The first-order chi connectivity index (χ1) is 16.4. The van der Waals surface area contributed by atoms with Crippen molar-refractivity contribution in [2.75, 3.05) is 18.7 Å². The molecule has 1 aromatic carbocycles. The van der Waals surface area contributed by atoms with Crippen LogP contribution in [0.1, 0.15) is 11.8 Å². The zero-order valence-corrected chi connectivity index (χ0v) is 18.6. The number of thioether (sulfide) groups is 1. The molecule has 0 radical (unpaired) electrons. The first-order valence-corrected chi connectivity index (χ1v) is 10.9. The number of benzene rings is 1. The van der Waals surface area contributed by atoms with Crippen LogP contribution in [0, 0.1) is 0 Å². The lowest BCUT2D eigenvalue weighted by Crippen LogP contribution is -2.10. The predicted molar refractivity (Wildman–Crippen MR) is 118 cm³/mol. The normalized spacial score (nSPS) is 12.6. The monoisotopic (exact) mass is 496 g/mol. The minimum atomic E-state index is -3.10. The van der Waals surface area contributed by atoms with Crippen molar-refractivity contribution in [1.29, 1.82) is 0 Å². The molecular weight excluding hydrogens is 476 g/mol. The number of hydrogen-bond donors (Lipinski definition) is 2. The number of hydrogen-bond acceptors (Lipinski definition) is 7. The Labute approximate surface area is 195 Å². The van der Waals surface area contributed by atoms with Crippen molar-refractivity contribution in [3.05, 3.63) is 54.6 Å². The minimum absolute atomic E-state index is 0.162. The lowest BCUT2D eigenvalue weighted by molar-refractivity contribution is -0.0494. The molecule has 0 aliphatic heterocycles. The summed E-state index contributed by atoms with van der Waals surface area (Å²) in [4.78, 5) is 4.65. The van der Waals surface area contributed by atoms with Gasteiger partial charge in [-0.25, -0.2) is 18.3 Å². The highest BCUT2D eigenvalue weighted by Crippen LogP contribution is 2.39. The van der Waals surface area contributed by atoms with E-state index in [-0.39, 0.29) is 17.0 Å². The van der Waals surface area contributed by atoms with E-state index in [1.165, 1.54) is 33.6 Å². The van der Waals surface area contributed by atoms with Crippen LogP contribution in [0.15, 0.2) is 53.9 Å². The molecule has 0 saturated heterocycles. The lowest BCUT2D eigenvalue weighted by atomic mass is 10.1. The summed E-state index contributed by atoms with van der Waals surface area (Å²) in [6, 6.07) is 5.90. The fraction of sp³-hybridized carbons (Fsp3) is 0.286. The molecule has 3 aromatic heterocycles. The Kier molecular flexibility index (Phi) is 7.22. The number of ether oxygens (including phenoxy) is 1. The van der Waals surface area contributed by atoms with Crippen LogP contribution >= 0.6 is 11.8 Å². The molecule has 0 amide bonds. The Bertz CT molecular complexity index is 1260. The molecule has 8 nitrogen and oxygen atoms in total. The number of halogens is 4. The molecule has 0 fully saturated rings. The third-order valence-electron chi connectivity index (χ3n) is 4.79. The van der Waals surface area contributed by atoms with Gasteiger partial charge in [0.15, 0.2) is 11.9 Å². The van der Waals surface area contributed by atoms with Gasteiger partial charge in [0.05, 0.1) is 22.7 Å². The third kappa shape index (κ3) is 5.09. The van der Waals surface area contributed by atoms with Crippen LogP contribution in [-0.4, -0.2) is 54.7 Å². The molecule has 0 aliphatic carbocycles. The van der Waals surface area contributed by atoms with E-state index < -0.39 is 31.4 Å². The van der Waals surface area contributed by atoms with Crippen LogP contribution in [0.25, 0.3) is 16.9 Å². The predicted octanol–water partition coefficient (Wildman–Crippen LogP) is 4.23. The van der Waals surface area contributed by atoms with Crippen molar-refractivity contribution in [2.45, 2.75) is 23.0 Å². The van der Waals surface area contributed by atoms with E-state index in [4.69, 9.17) is 0 Å². The Morgan fingerprint density at radius 1 is 1.24 bits per heavy atom. The van der Waals surface area contributed by atoms with E-state index in [0.29, 0.717) is 21.8 Å². The first kappa shape index (κ1) is 23.8. The first-order valence-electron chi connectivity index (χ1n) is 10.0. The maximum absolute atomic E-state index is 13.1. The Morgan fingerprint density at radius 3 is 2.76 bits per heavy atom. The van der Waals surface area contributed by atoms with Crippen LogP contribution in [0.2, 0.25) is 0 Å². The summed E-state index contributed by atoms with van der Waals surface area (Å²) >= 11 is 0.934. The highest BCUT2D eigenvalue weighted by molar-refractivity contribution is 8.00. The molecule has 0 saturated carbocycles. The van der Waals surface area contributed by atoms with E-state index in [1.807, 2.05) is 0 Å². The number of aliphatic hydroxyl groups excluding tert-OH is 1. The summed E-state index contributed by atoms with van der Waals surface area (Å²) in [6.45, 7) is -4.87. The van der Waals surface area contributed by atoms with Crippen LogP contribution in [-0.2, 0) is 7.05 Å². The van der Waals surface area contributed by atoms with E-state index in [9.17, 15) is 22.7 Å². The van der Waals surface area contributed by atoms with E-state index in [0.717, 1.165) is 11.8 Å². The number of aryl methyl sites for hydroxylation is 1. The Hall–Kier alpha value is -3.32. The minimum Gasteiger partial charge on any atom is -0.434 e. The van der Waals surface area contributed by atoms with Crippen LogP contribution < -0.4 is 10.1 Å². The van der Waals surface area contributed by atoms with Gasteiger partial charge in [0.1, 0.15) is 24.8 Å². The van der Waals surface area contributed by atoms with Gasteiger partial charge < -0.3 is 15.2 Å². The quantitative estimate of drug-likeness (QED) is 0.193. The van der Waals surface area contributed by atoms with E-state index in [1.54, 1.807) is 31.7 Å². The topological polar surface area (TPSA) is 89.5 Å². The number of fused-ring (bicyclic) bond motifs is 1. The molecule has 4 rings (SSSR count). The second kappa shape index (κ2) is 10.3. The van der Waals surface area contributed by atoms with Crippen molar-refractivity contribution in [3.8, 4) is 17.0 Å². The fourth-order valence-electron chi connectivity index (χ4n) is 3.32. The van der Waals surface area contributed by atoms with Gasteiger partial charge in [0, 0.05) is 36.1 Å². The highest BCUT2D eigenvalue weighted by Gasteiger charge is 2.22. The Morgan fingerprint density at radius 2 is 2.03 bits per heavy atom. The summed E-state index contributed by atoms with van der Waals surface area (Å²) in [5.41, 5.74) is 1.48. The second-order valence-corrected chi connectivity index (χ2v) is 8.56. The number of nitrogens with zero attached hydrogens (tertiary/aromatic N) is 5. The number of anilines is 1. The van der Waals surface area contributed by atoms with Crippen molar-refractivity contribution in [3.63, 3.8) is 0 Å². The van der Waals surface area contributed by atoms with E-state index in [2.05, 4.69) is 25.2 Å². The summed E-state index contributed by atoms with van der Waals surface area (Å²) in [6.07, 6.45) is 4.98. The number of alkyl halides is 4. The number of aromatic nitrogens is 5. The SMILES string of the molecule is Cn1cc(NC(O)c2cnn3cccnc23)c(-c2cc(SC(CF)CF)ccc2OC(F)F)n1. The summed E-state index contributed by atoms with van der Waals surface area (Å²) in [5, 5.41) is 21.2. The molecule has 2 N–H and O–H groups in total. The van der Waals surface area contributed by atoms with Gasteiger partial charge in [-0.05, 0) is 24.3 Å². The second-order valence-electron chi connectivity index (χ2n) is 7.18. The molecule has 1 atom stereocenters. The molecule has 0 bridgehead atoms. The fourth-order valence-corrected chi connectivity index (χ4v) is 4.16. The molecule has 3 heterocycles. The van der Waals surface area contributed by atoms with Gasteiger partial charge in [-0.3, -0.25) is 4.68 Å². The summed E-state index contributed by atoms with van der Waals surface area (Å²) in [7, 11) is 1.62. The van der Waals surface area contributed by atoms with Gasteiger partial charge in [-0.15, -0.1) is 11.8 Å². The summed E-state index contributed by atoms with van der Waals surface area (Å²) < 4.78 is 59.8. The maximum Gasteiger partial charge on any atom is 0.387 e. The average Bonchev–Trinajstić information content (AvgIpc) is 3.41. The zero-order chi connectivity index (χ0) is 24.2. The van der Waals surface area contributed by atoms with Crippen LogP contribution in [0.5, 0.6) is 5.75 Å². The zero-order valence-electron chi connectivity index (χ0n) is 17.8. The average molecular weight is 496 g/mol. The summed E-state index contributed by atoms with van der Waals surface area (Å²) in [5.74, 6) is -0.176. The number of nitrogens with one attached hydrogen (secondary N) is 1. The van der Waals surface area contributed by atoms with Crippen molar-refractivity contribution < 1.29 is 27.4 Å². The largest absolute Gasteiger partial charge is 0.434 e. The maximum atomic E-state index is 13.1. The van der Waals surface area contributed by atoms with Crippen molar-refractivity contribution >= 4 is 23.1 Å². The third-order valence-corrected chi connectivity index (χ3v) is 5.90. The van der Waals surface area contributed by atoms with Gasteiger partial charge in [-0.1, -0.05) is 0 Å². The van der Waals surface area contributed by atoms with Crippen LogP contribution in [0.4, 0.5) is 23.2 Å². The Balaban J connectivity index is 1.71. The molecular formula is C21H20F4N6O2S. The molecule has 34 heavy (non-hydrogen) atoms. The van der Waals surface area contributed by atoms with Gasteiger partial charge >= 0.3 is 6.61 Å². The smallest absolute Gasteiger partial charge is 0.387 e. The van der Waals surface area contributed by atoms with Crippen LogP contribution in [0.3, 0.4) is 0 Å². The molecule has 4 aromatic rings. The molecule has 1 unspecified atom stereocenters. The molecule has 180 valence electrons. The lowest BCUT2D eigenvalue weighted by Gasteiger charge is -2.16.